The molecule has 1 unspecified atom stereocenters. The van der Waals surface area contributed by atoms with E-state index in [1.165, 1.54) is 13.8 Å². The summed E-state index contributed by atoms with van der Waals surface area (Å²) in [5.41, 5.74) is 1.29. The monoisotopic (exact) mass is 509 g/mol. The molecule has 0 radical (unpaired) electrons. The first kappa shape index (κ1) is 23.5. The standard InChI is InChI=1S/C24H23N5O4S2/c30-23(27-13-15-28(16-14-27)35(32,33)20-9-5-17-34-20)21-24(31)29(12-10-18-6-2-1-3-7-18)22-19(26-21)8-4-11-25-22/h1-9,11,17H,10,12-16H2. The smallest absolute Gasteiger partial charge is 0.283 e. The highest BCUT2D eigenvalue weighted by Crippen LogP contribution is 2.26. The average molecular weight is 510 g/mol. The number of pyridine rings is 1. The first-order chi connectivity index (χ1) is 16.9. The molecule has 0 aliphatic carbocycles. The molecule has 0 saturated carbocycles. The van der Waals surface area contributed by atoms with Gasteiger partial charge in [0.2, 0.25) is 4.21 Å². The number of carbonyl (C=O) groups excluding carboxylic acids is 1. The van der Waals surface area contributed by atoms with E-state index in [0.717, 1.165) is 16.9 Å². The number of nitrogens with zero attached hydrogens (tertiary/aromatic N) is 5. The zero-order chi connectivity index (χ0) is 24.4. The van der Waals surface area contributed by atoms with E-state index in [2.05, 4.69) is 9.97 Å². The molecule has 35 heavy (non-hydrogen) atoms. The maximum absolute atomic E-state index is 13.4. The van der Waals surface area contributed by atoms with Crippen LogP contribution in [-0.4, -0.2) is 60.4 Å². The Kier molecular flexibility index (Phi) is 6.56. The number of amides is 1. The van der Waals surface area contributed by atoms with Gasteiger partial charge in [-0.2, -0.15) is 0 Å². The summed E-state index contributed by atoms with van der Waals surface area (Å²) < 4.78 is 28.7. The van der Waals surface area contributed by atoms with E-state index in [4.69, 9.17) is 0 Å². The van der Waals surface area contributed by atoms with Crippen LogP contribution in [-0.2, 0) is 27.6 Å². The van der Waals surface area contributed by atoms with Crippen molar-refractivity contribution in [3.8, 4) is 0 Å². The molecular formula is C24H23N5O4S2. The number of aryl methyl sites for hydroxylation is 2. The van der Waals surface area contributed by atoms with E-state index < -0.39 is 21.9 Å². The number of thiophene rings is 1. The molecule has 11 heteroatoms. The Labute approximate surface area is 207 Å². The number of hydrogen-bond acceptors (Lipinski definition) is 7. The minimum absolute atomic E-state index is 0.156. The lowest BCUT2D eigenvalue weighted by atomic mass is 10.1. The predicted octanol–water partition coefficient (Wildman–Crippen LogP) is 2.46. The average Bonchev–Trinajstić information content (AvgIpc) is 3.44. The van der Waals surface area contributed by atoms with Crippen molar-refractivity contribution in [3.63, 3.8) is 0 Å². The molecule has 1 aliphatic heterocycles. The second kappa shape index (κ2) is 9.78. The third-order valence-corrected chi connectivity index (χ3v) is 9.26. The highest BCUT2D eigenvalue weighted by Gasteiger charge is 2.36. The van der Waals surface area contributed by atoms with Gasteiger partial charge in [0.05, 0.1) is 13.1 Å². The van der Waals surface area contributed by atoms with Crippen molar-refractivity contribution in [1.29, 1.82) is 0 Å². The van der Waals surface area contributed by atoms with Crippen LogP contribution in [0.5, 0.6) is 0 Å². The minimum Gasteiger partial charge on any atom is -0.592 e. The Morgan fingerprint density at radius 2 is 1.80 bits per heavy atom. The normalized spacial score (nSPS) is 16.3. The molecule has 5 rings (SSSR count). The zero-order valence-corrected chi connectivity index (χ0v) is 20.4. The molecule has 1 saturated heterocycles. The largest absolute Gasteiger partial charge is 0.592 e. The van der Waals surface area contributed by atoms with Crippen molar-refractivity contribution in [2.75, 3.05) is 26.2 Å². The fraction of sp³-hybridized carbons (Fsp3) is 0.250. The van der Waals surface area contributed by atoms with Crippen LogP contribution in [0.2, 0.25) is 0 Å². The van der Waals surface area contributed by atoms with Gasteiger partial charge in [-0.15, -0.1) is 4.31 Å². The fourth-order valence-electron chi connectivity index (χ4n) is 4.13. The molecule has 180 valence electrons. The van der Waals surface area contributed by atoms with Crippen molar-refractivity contribution >= 4 is 38.8 Å². The Bertz CT molecular complexity index is 1450. The first-order valence-corrected chi connectivity index (χ1v) is 13.5. The SMILES string of the molecule is O=C(c1nc2cccnc2n(CCc2ccccc2)c1=O)N1CCN([S+](=O)([O-])c2cccs2)CC1. The van der Waals surface area contributed by atoms with Crippen LogP contribution < -0.4 is 5.56 Å². The van der Waals surface area contributed by atoms with E-state index in [1.54, 1.807) is 35.8 Å². The molecule has 0 N–H and O–H groups in total. The van der Waals surface area contributed by atoms with Gasteiger partial charge in [0, 0.05) is 31.9 Å². The second-order valence-corrected chi connectivity index (χ2v) is 11.2. The number of benzene rings is 1. The molecule has 0 bridgehead atoms. The van der Waals surface area contributed by atoms with Crippen LogP contribution in [0, 0.1) is 0 Å². The van der Waals surface area contributed by atoms with Crippen molar-refractivity contribution < 1.29 is 13.6 Å². The van der Waals surface area contributed by atoms with Crippen molar-refractivity contribution in [2.24, 2.45) is 0 Å². The van der Waals surface area contributed by atoms with Crippen LogP contribution in [0.4, 0.5) is 0 Å². The summed E-state index contributed by atoms with van der Waals surface area (Å²) in [7, 11) is -3.59. The second-order valence-electron chi connectivity index (χ2n) is 8.13. The third kappa shape index (κ3) is 4.67. The molecule has 1 fully saturated rings. The van der Waals surface area contributed by atoms with Crippen molar-refractivity contribution in [1.82, 2.24) is 23.7 Å². The highest BCUT2D eigenvalue weighted by atomic mass is 32.3. The summed E-state index contributed by atoms with van der Waals surface area (Å²) in [4.78, 5) is 36.9. The summed E-state index contributed by atoms with van der Waals surface area (Å²) in [6.45, 7) is 1.03. The predicted molar refractivity (Wildman–Crippen MR) is 133 cm³/mol. The van der Waals surface area contributed by atoms with E-state index in [-0.39, 0.29) is 36.1 Å². The highest BCUT2D eigenvalue weighted by molar-refractivity contribution is 7.97. The molecule has 1 amide bonds. The lowest BCUT2D eigenvalue weighted by molar-refractivity contribution is 0.0685. The third-order valence-electron chi connectivity index (χ3n) is 5.99. The number of fused-ring (bicyclic) bond motifs is 1. The van der Waals surface area contributed by atoms with Gasteiger partial charge >= 0.3 is 0 Å². The van der Waals surface area contributed by atoms with Crippen LogP contribution in [0.3, 0.4) is 0 Å². The maximum Gasteiger partial charge on any atom is 0.283 e. The van der Waals surface area contributed by atoms with Gasteiger partial charge in [0.1, 0.15) is 5.52 Å². The number of rotatable bonds is 6. The Morgan fingerprint density at radius 3 is 2.51 bits per heavy atom. The maximum atomic E-state index is 13.4. The van der Waals surface area contributed by atoms with E-state index in [0.29, 0.717) is 24.1 Å². The van der Waals surface area contributed by atoms with Crippen molar-refractivity contribution in [2.45, 2.75) is 17.2 Å². The molecule has 1 aromatic carbocycles. The topological polar surface area (TPSA) is 111 Å². The molecule has 1 aliphatic rings. The van der Waals surface area contributed by atoms with Gasteiger partial charge in [-0.05, 0) is 35.6 Å². The molecule has 3 aromatic heterocycles. The van der Waals surface area contributed by atoms with Gasteiger partial charge in [-0.1, -0.05) is 45.9 Å². The zero-order valence-electron chi connectivity index (χ0n) is 18.8. The van der Waals surface area contributed by atoms with E-state index >= 15 is 0 Å². The number of piperazine rings is 1. The molecule has 1 atom stereocenters. The Balaban J connectivity index is 1.39. The first-order valence-electron chi connectivity index (χ1n) is 11.2. The van der Waals surface area contributed by atoms with Gasteiger partial charge in [0.15, 0.2) is 21.7 Å². The summed E-state index contributed by atoms with van der Waals surface area (Å²) in [6.07, 6.45) is 2.19. The molecule has 9 nitrogen and oxygen atoms in total. The summed E-state index contributed by atoms with van der Waals surface area (Å²) in [5.74, 6) is -0.498. The molecular weight excluding hydrogens is 486 g/mol. The van der Waals surface area contributed by atoms with Gasteiger partial charge in [-0.3, -0.25) is 14.2 Å². The minimum atomic E-state index is -3.59. The number of aromatic nitrogens is 3. The quantitative estimate of drug-likeness (QED) is 0.369. The lowest BCUT2D eigenvalue weighted by Gasteiger charge is -2.35. The molecule has 0 spiro atoms. The lowest BCUT2D eigenvalue weighted by Crippen LogP contribution is -2.53. The molecule has 4 heterocycles. The van der Waals surface area contributed by atoms with Gasteiger partial charge < -0.3 is 9.45 Å². The van der Waals surface area contributed by atoms with Crippen LogP contribution in [0.1, 0.15) is 16.1 Å². The van der Waals surface area contributed by atoms with Crippen molar-refractivity contribution in [3.05, 3.63) is 87.8 Å². The Hall–Kier alpha value is -3.25. The van der Waals surface area contributed by atoms with Crippen LogP contribution in [0.25, 0.3) is 11.2 Å². The van der Waals surface area contributed by atoms with Crippen LogP contribution >= 0.6 is 11.3 Å². The van der Waals surface area contributed by atoms with Gasteiger partial charge in [-0.25, -0.2) is 9.97 Å². The Morgan fingerprint density at radius 1 is 1.03 bits per heavy atom. The fourth-order valence-corrected chi connectivity index (χ4v) is 6.69. The van der Waals surface area contributed by atoms with E-state index in [9.17, 15) is 18.4 Å². The number of carbonyl (C=O) groups is 1. The van der Waals surface area contributed by atoms with Crippen LogP contribution in [0.15, 0.2) is 75.2 Å². The molecule has 4 aromatic rings. The summed E-state index contributed by atoms with van der Waals surface area (Å²) in [5, 5.41) is 1.72. The number of hydrogen-bond donors (Lipinski definition) is 0. The summed E-state index contributed by atoms with van der Waals surface area (Å²) >= 11 is 1.16. The van der Waals surface area contributed by atoms with E-state index in [1.807, 2.05) is 30.3 Å². The number of sulfonamides is 1. The summed E-state index contributed by atoms with van der Waals surface area (Å²) in [6, 6.07) is 16.5. The van der Waals surface area contributed by atoms with Gasteiger partial charge in [0.25, 0.3) is 11.5 Å².